The van der Waals surface area contributed by atoms with Crippen LogP contribution in [0.2, 0.25) is 0 Å². The Morgan fingerprint density at radius 3 is 2.24 bits per heavy atom. The number of thioether (sulfide) groups is 1. The van der Waals surface area contributed by atoms with Crippen molar-refractivity contribution in [3.8, 4) is 0 Å². The third-order valence-electron chi connectivity index (χ3n) is 5.69. The third kappa shape index (κ3) is 4.29. The highest BCUT2D eigenvalue weighted by molar-refractivity contribution is 8.00. The Kier molecular flexibility index (Phi) is 6.97. The number of rotatable bonds is 6. The summed E-state index contributed by atoms with van der Waals surface area (Å²) < 4.78 is 12.4. The second-order valence-electron chi connectivity index (χ2n) is 7.78. The molecule has 34 heavy (non-hydrogen) atoms. The van der Waals surface area contributed by atoms with Crippen LogP contribution in [0.15, 0.2) is 93.6 Å². The van der Waals surface area contributed by atoms with Crippen molar-refractivity contribution in [2.24, 2.45) is 5.73 Å². The summed E-state index contributed by atoms with van der Waals surface area (Å²) in [5.74, 6) is -0.576. The molecule has 1 saturated heterocycles. The highest BCUT2D eigenvalue weighted by atomic mass is 35.5. The van der Waals surface area contributed by atoms with Gasteiger partial charge in [0.15, 0.2) is 6.10 Å². The van der Waals surface area contributed by atoms with Crippen molar-refractivity contribution in [1.82, 2.24) is 9.64 Å². The van der Waals surface area contributed by atoms with Gasteiger partial charge in [0.1, 0.15) is 23.4 Å². The van der Waals surface area contributed by atoms with Gasteiger partial charge in [-0.05, 0) is 16.7 Å². The minimum absolute atomic E-state index is 0. The van der Waals surface area contributed by atoms with Crippen LogP contribution in [-0.2, 0) is 20.9 Å². The summed E-state index contributed by atoms with van der Waals surface area (Å²) in [6.07, 6.45) is 0.614. The quantitative estimate of drug-likeness (QED) is 0.410. The number of esters is 1. The van der Waals surface area contributed by atoms with E-state index in [2.05, 4.69) is 0 Å². The summed E-state index contributed by atoms with van der Waals surface area (Å²) >= 11 is 1.45. The van der Waals surface area contributed by atoms with Crippen molar-refractivity contribution < 1.29 is 18.8 Å². The number of hydrogen-bond donors (Lipinski definition) is 1. The number of fused-ring (bicyclic) bond motifs is 1. The van der Waals surface area contributed by atoms with Crippen LogP contribution in [0, 0.1) is 0 Å². The molecule has 2 atom stereocenters. The van der Waals surface area contributed by atoms with Crippen molar-refractivity contribution in [3.05, 3.63) is 106 Å². The zero-order valence-corrected chi connectivity index (χ0v) is 19.5. The van der Waals surface area contributed by atoms with Gasteiger partial charge in [-0.25, -0.2) is 4.79 Å². The van der Waals surface area contributed by atoms with Crippen LogP contribution in [0.5, 0.6) is 0 Å². The number of aromatic nitrogens is 1. The van der Waals surface area contributed by atoms with E-state index in [9.17, 15) is 14.4 Å². The first kappa shape index (κ1) is 23.9. The fraction of sp³-hybridized carbons (Fsp3) is 0.208. The zero-order chi connectivity index (χ0) is 22.9. The van der Waals surface area contributed by atoms with Gasteiger partial charge in [-0.3, -0.25) is 14.5 Å². The van der Waals surface area contributed by atoms with Crippen LogP contribution in [0.4, 0.5) is 0 Å². The predicted molar refractivity (Wildman–Crippen MR) is 129 cm³/mol. The Morgan fingerprint density at radius 1 is 1.06 bits per heavy atom. The first-order valence-corrected chi connectivity index (χ1v) is 11.5. The van der Waals surface area contributed by atoms with Crippen LogP contribution in [0.25, 0.3) is 0 Å². The molecular formula is C24H22ClN3O5S. The number of carbonyl (C=O) groups is 2. The molecule has 5 rings (SSSR count). The molecule has 1 fully saturated rings. The number of hydrogen-bond acceptors (Lipinski definition) is 7. The molecule has 8 nitrogen and oxygen atoms in total. The summed E-state index contributed by atoms with van der Waals surface area (Å²) in [4.78, 5) is 39.6. The van der Waals surface area contributed by atoms with E-state index in [-0.39, 0.29) is 41.5 Å². The van der Waals surface area contributed by atoms with E-state index < -0.39 is 18.1 Å². The lowest BCUT2D eigenvalue weighted by atomic mass is 10.0. The summed E-state index contributed by atoms with van der Waals surface area (Å²) in [6.45, 7) is 0.0380. The average Bonchev–Trinajstić information content (AvgIpc) is 3.26. The molecule has 1 amide bonds. The van der Waals surface area contributed by atoms with Crippen LogP contribution in [0.1, 0.15) is 17.2 Å². The van der Waals surface area contributed by atoms with Gasteiger partial charge in [0, 0.05) is 11.8 Å². The molecular weight excluding hydrogens is 478 g/mol. The molecule has 2 aromatic carbocycles. The number of halogens is 1. The van der Waals surface area contributed by atoms with E-state index in [1.807, 2.05) is 60.7 Å². The summed E-state index contributed by atoms with van der Waals surface area (Å²) in [6, 6.07) is 19.4. The fourth-order valence-corrected chi connectivity index (χ4v) is 5.30. The first-order chi connectivity index (χ1) is 16.0. The maximum Gasteiger partial charge on any atom is 0.356 e. The summed E-state index contributed by atoms with van der Waals surface area (Å²) in [5.41, 5.74) is 7.93. The third-order valence-corrected chi connectivity index (χ3v) is 7.05. The minimum Gasteiger partial charge on any atom is -0.448 e. The second kappa shape index (κ2) is 9.92. The Morgan fingerprint density at radius 2 is 1.68 bits per heavy atom. The van der Waals surface area contributed by atoms with E-state index in [1.165, 1.54) is 29.0 Å². The van der Waals surface area contributed by atoms with Gasteiger partial charge in [0.25, 0.3) is 5.56 Å². The van der Waals surface area contributed by atoms with Gasteiger partial charge < -0.3 is 15.0 Å². The lowest BCUT2D eigenvalue weighted by Crippen LogP contribution is -2.68. The number of benzene rings is 2. The molecule has 0 bridgehead atoms. The average molecular weight is 500 g/mol. The lowest BCUT2D eigenvalue weighted by molar-refractivity contribution is -0.153. The number of nitrogens with zero attached hydrogens (tertiary/aromatic N) is 2. The molecule has 2 N–H and O–H groups in total. The predicted octanol–water partition coefficient (Wildman–Crippen LogP) is 2.69. The summed E-state index contributed by atoms with van der Waals surface area (Å²) in [7, 11) is 0. The molecule has 1 unspecified atom stereocenters. The molecule has 0 radical (unpaired) electrons. The van der Waals surface area contributed by atoms with Gasteiger partial charge in [0.2, 0.25) is 5.91 Å². The van der Waals surface area contributed by atoms with E-state index in [1.54, 1.807) is 0 Å². The van der Waals surface area contributed by atoms with Crippen molar-refractivity contribution in [3.63, 3.8) is 0 Å². The van der Waals surface area contributed by atoms with E-state index in [0.717, 1.165) is 15.9 Å². The molecule has 0 saturated carbocycles. The Balaban J connectivity index is 0.00000274. The van der Waals surface area contributed by atoms with Crippen LogP contribution in [-0.4, -0.2) is 38.7 Å². The molecule has 2 aliphatic heterocycles. The molecule has 3 aromatic rings. The van der Waals surface area contributed by atoms with Gasteiger partial charge in [-0.2, -0.15) is 4.74 Å². The molecule has 10 heteroatoms. The van der Waals surface area contributed by atoms with Crippen molar-refractivity contribution in [2.75, 3.05) is 5.75 Å². The highest BCUT2D eigenvalue weighted by Crippen LogP contribution is 2.41. The molecule has 0 spiro atoms. The molecule has 1 aromatic heterocycles. The highest BCUT2D eigenvalue weighted by Gasteiger charge is 2.52. The van der Waals surface area contributed by atoms with Crippen molar-refractivity contribution in [2.45, 2.75) is 24.1 Å². The number of amides is 1. The second-order valence-corrected chi connectivity index (χ2v) is 8.88. The number of ether oxygens (including phenoxy) is 1. The molecule has 2 aliphatic rings. The van der Waals surface area contributed by atoms with Gasteiger partial charge in [-0.1, -0.05) is 60.7 Å². The van der Waals surface area contributed by atoms with Gasteiger partial charge in [-0.15, -0.1) is 24.2 Å². The molecule has 3 heterocycles. The SMILES string of the molecule is Cl.NC1C(=O)N2C(C(=O)OC(c3ccccc3)c3ccccc3)=C(Cn3occc3=O)CS[C@H]12. The van der Waals surface area contributed by atoms with Crippen molar-refractivity contribution in [1.29, 1.82) is 0 Å². The fourth-order valence-electron chi connectivity index (χ4n) is 4.02. The van der Waals surface area contributed by atoms with Crippen molar-refractivity contribution >= 4 is 36.0 Å². The van der Waals surface area contributed by atoms with Gasteiger partial charge >= 0.3 is 5.97 Å². The molecule has 176 valence electrons. The van der Waals surface area contributed by atoms with E-state index >= 15 is 0 Å². The minimum atomic E-state index is -0.676. The topological polar surface area (TPSA) is 108 Å². The number of nitrogens with two attached hydrogens (primary N) is 1. The molecule has 0 aliphatic carbocycles. The largest absolute Gasteiger partial charge is 0.448 e. The summed E-state index contributed by atoms with van der Waals surface area (Å²) in [5, 5.41) is -0.343. The van der Waals surface area contributed by atoms with E-state index in [4.69, 9.17) is 15.0 Å². The maximum atomic E-state index is 13.6. The number of carbonyl (C=O) groups excluding carboxylic acids is 2. The Bertz CT molecular complexity index is 1230. The van der Waals surface area contributed by atoms with Gasteiger partial charge in [0.05, 0.1) is 6.54 Å². The Labute approximate surface area is 205 Å². The first-order valence-electron chi connectivity index (χ1n) is 10.4. The Hall–Kier alpha value is -3.27. The monoisotopic (exact) mass is 499 g/mol. The van der Waals surface area contributed by atoms with Crippen LogP contribution in [0.3, 0.4) is 0 Å². The normalized spacial score (nSPS) is 19.4. The van der Waals surface area contributed by atoms with E-state index in [0.29, 0.717) is 11.3 Å². The van der Waals surface area contributed by atoms with Crippen LogP contribution < -0.4 is 11.3 Å². The maximum absolute atomic E-state index is 13.6. The lowest BCUT2D eigenvalue weighted by Gasteiger charge is -2.48. The standard InChI is InChI=1S/C24H21N3O5S.ClH/c25-19-22(29)27-20(17(14-33-23(19)27)13-26-18(28)11-12-31-26)24(30)32-21(15-7-3-1-4-8-15)16-9-5-2-6-10-16;/h1-12,19,21,23H,13-14,25H2;1H/t19?,23-;/m1./s1. The van der Waals surface area contributed by atoms with Crippen LogP contribution >= 0.6 is 24.2 Å². The smallest absolute Gasteiger partial charge is 0.356 e. The number of β-lactam (4-membered cyclic amide) rings is 1. The zero-order valence-electron chi connectivity index (χ0n) is 17.9.